The molecule has 8 unspecified atom stereocenters. The largest absolute Gasteiger partial charge is 0.496 e. The number of aryl methyl sites for hydroxylation is 1. The molecule has 5 heteroatoms. The van der Waals surface area contributed by atoms with Crippen molar-refractivity contribution in [2.45, 2.75) is 97.0 Å². The topological polar surface area (TPSA) is 72.6 Å². The number of hydrogen-bond donors (Lipinski definition) is 1. The van der Waals surface area contributed by atoms with Crippen LogP contribution in [-0.2, 0) is 6.42 Å². The lowest BCUT2D eigenvalue weighted by Gasteiger charge is -2.62. The summed E-state index contributed by atoms with van der Waals surface area (Å²) in [6.45, 7) is 5.11. The second-order valence-corrected chi connectivity index (χ2v) is 13.0. The maximum absolute atomic E-state index is 12.6. The zero-order valence-electron chi connectivity index (χ0n) is 22.3. The Morgan fingerprint density at radius 3 is 2.75 bits per heavy atom. The van der Waals surface area contributed by atoms with Crippen molar-refractivity contribution in [1.82, 2.24) is 4.98 Å². The fourth-order valence-corrected chi connectivity index (χ4v) is 9.75. The molecule has 8 atom stereocenters. The van der Waals surface area contributed by atoms with E-state index in [1.165, 1.54) is 51.4 Å². The highest BCUT2D eigenvalue weighted by molar-refractivity contribution is 5.83. The van der Waals surface area contributed by atoms with Gasteiger partial charge in [-0.25, -0.2) is 9.78 Å². The van der Waals surface area contributed by atoms with E-state index < -0.39 is 0 Å². The van der Waals surface area contributed by atoms with Crippen molar-refractivity contribution < 1.29 is 14.3 Å². The third kappa shape index (κ3) is 3.75. The lowest BCUT2D eigenvalue weighted by Crippen LogP contribution is -2.57. The smallest absolute Gasteiger partial charge is 0.350 e. The molecule has 4 aliphatic carbocycles. The molecule has 0 aliphatic heterocycles. The van der Waals surface area contributed by atoms with E-state index in [0.29, 0.717) is 63.5 Å². The van der Waals surface area contributed by atoms with Crippen molar-refractivity contribution in [2.24, 2.45) is 40.4 Å². The van der Waals surface area contributed by atoms with Gasteiger partial charge < -0.3 is 14.3 Å². The Balaban J connectivity index is 1.15. The molecule has 196 valence electrons. The molecule has 6 rings (SSSR count). The van der Waals surface area contributed by atoms with Gasteiger partial charge in [0.1, 0.15) is 11.1 Å². The van der Waals surface area contributed by atoms with Gasteiger partial charge in [-0.05, 0) is 110 Å². The van der Waals surface area contributed by atoms with Gasteiger partial charge in [-0.3, -0.25) is 0 Å². The average molecular weight is 494 g/mol. The minimum Gasteiger partial charge on any atom is -0.496 e. The van der Waals surface area contributed by atoms with E-state index in [1.807, 2.05) is 12.1 Å². The summed E-state index contributed by atoms with van der Waals surface area (Å²) in [5.74, 6) is 4.30. The molecule has 5 nitrogen and oxygen atoms in total. The summed E-state index contributed by atoms with van der Waals surface area (Å²) >= 11 is 0. The molecule has 36 heavy (non-hydrogen) atoms. The lowest BCUT2D eigenvalue weighted by molar-refractivity contribution is -0.162. The average Bonchev–Trinajstić information content (AvgIpc) is 3.20. The normalized spacial score (nSPS) is 39.9. The van der Waals surface area contributed by atoms with E-state index in [0.717, 1.165) is 25.2 Å². The third-order valence-corrected chi connectivity index (χ3v) is 11.6. The quantitative estimate of drug-likeness (QED) is 0.512. The van der Waals surface area contributed by atoms with Crippen LogP contribution in [0.1, 0.15) is 90.4 Å². The number of aliphatic hydroxyl groups excluding tert-OH is 1. The van der Waals surface area contributed by atoms with Gasteiger partial charge in [-0.1, -0.05) is 32.8 Å². The number of rotatable bonds is 5. The summed E-state index contributed by atoms with van der Waals surface area (Å²) in [6.07, 6.45) is 14.3. The van der Waals surface area contributed by atoms with Crippen LogP contribution in [0.3, 0.4) is 0 Å². The Kier molecular flexibility index (Phi) is 6.21. The van der Waals surface area contributed by atoms with Crippen molar-refractivity contribution in [1.29, 1.82) is 0 Å². The Hall–Kier alpha value is -1.88. The van der Waals surface area contributed by atoms with Crippen LogP contribution >= 0.6 is 0 Å². The molecule has 4 aliphatic rings. The van der Waals surface area contributed by atoms with Crippen LogP contribution < -0.4 is 10.4 Å². The summed E-state index contributed by atoms with van der Waals surface area (Å²) in [4.78, 5) is 17.3. The Bertz CT molecular complexity index is 1170. The van der Waals surface area contributed by atoms with Gasteiger partial charge in [0.25, 0.3) is 0 Å². The third-order valence-electron chi connectivity index (χ3n) is 11.6. The first-order chi connectivity index (χ1) is 17.3. The summed E-state index contributed by atoms with van der Waals surface area (Å²) < 4.78 is 10.9. The zero-order chi connectivity index (χ0) is 25.1. The maximum Gasteiger partial charge on any atom is 0.350 e. The van der Waals surface area contributed by atoms with Crippen LogP contribution in [0.2, 0.25) is 0 Å². The number of methoxy groups -OCH3 is 1. The van der Waals surface area contributed by atoms with E-state index in [2.05, 4.69) is 18.8 Å². The molecule has 0 amide bonds. The minimum atomic E-state index is -0.362. The van der Waals surface area contributed by atoms with Crippen molar-refractivity contribution in [3.8, 4) is 5.75 Å². The Labute approximate surface area is 215 Å². The van der Waals surface area contributed by atoms with Gasteiger partial charge in [0.2, 0.25) is 0 Å². The molecule has 2 aromatic rings. The summed E-state index contributed by atoms with van der Waals surface area (Å²) in [5.41, 5.74) is 1.06. The van der Waals surface area contributed by atoms with Crippen molar-refractivity contribution in [3.63, 3.8) is 0 Å². The first-order valence-electron chi connectivity index (χ1n) is 14.5. The fourth-order valence-electron chi connectivity index (χ4n) is 9.75. The first-order valence-corrected chi connectivity index (χ1v) is 14.5. The van der Waals surface area contributed by atoms with Crippen LogP contribution in [0, 0.1) is 40.4 Å². The van der Waals surface area contributed by atoms with Crippen LogP contribution in [0.5, 0.6) is 5.75 Å². The summed E-state index contributed by atoms with van der Waals surface area (Å²) in [5, 5.41) is 11.8. The summed E-state index contributed by atoms with van der Waals surface area (Å²) in [6, 6.07) is 5.49. The number of benzene rings is 1. The second-order valence-electron chi connectivity index (χ2n) is 13.0. The van der Waals surface area contributed by atoms with Crippen molar-refractivity contribution in [2.75, 3.05) is 7.11 Å². The van der Waals surface area contributed by atoms with Gasteiger partial charge in [0.15, 0.2) is 5.89 Å². The Morgan fingerprint density at radius 1 is 1.08 bits per heavy atom. The maximum atomic E-state index is 12.6. The number of aliphatic hydroxyl groups is 1. The Morgan fingerprint density at radius 2 is 1.92 bits per heavy atom. The highest BCUT2D eigenvalue weighted by Crippen LogP contribution is 2.67. The second kappa shape index (κ2) is 9.15. The molecule has 4 saturated carbocycles. The molecular formula is C31H43NO4. The predicted octanol–water partition coefficient (Wildman–Crippen LogP) is 6.54. The highest BCUT2D eigenvalue weighted by Gasteiger charge is 2.61. The first kappa shape index (κ1) is 24.5. The molecule has 4 fully saturated rings. The van der Waals surface area contributed by atoms with Gasteiger partial charge in [-0.2, -0.15) is 0 Å². The highest BCUT2D eigenvalue weighted by atomic mass is 16.5. The van der Waals surface area contributed by atoms with Crippen LogP contribution in [0.15, 0.2) is 27.4 Å². The number of nitrogens with zero attached hydrogens (tertiary/aromatic N) is 1. The fraction of sp³-hybridized carbons (Fsp3) is 0.742. The monoisotopic (exact) mass is 493 g/mol. The number of hydrogen-bond acceptors (Lipinski definition) is 5. The van der Waals surface area contributed by atoms with E-state index >= 15 is 0 Å². The van der Waals surface area contributed by atoms with Crippen LogP contribution in [-0.4, -0.2) is 23.3 Å². The lowest BCUT2D eigenvalue weighted by atomic mass is 9.44. The van der Waals surface area contributed by atoms with Crippen LogP contribution in [0.25, 0.3) is 10.9 Å². The SMILES string of the molecule is COc1cccc2nc(CCCC3CCC4C5C(O)CC6CCCCC6(C)C5CCC34C)oc(=O)c12. The van der Waals surface area contributed by atoms with E-state index in [-0.39, 0.29) is 11.7 Å². The molecule has 1 aromatic carbocycles. The van der Waals surface area contributed by atoms with Crippen LogP contribution in [0.4, 0.5) is 0 Å². The van der Waals surface area contributed by atoms with Gasteiger partial charge in [-0.15, -0.1) is 0 Å². The molecule has 1 aromatic heterocycles. The van der Waals surface area contributed by atoms with Crippen molar-refractivity contribution >= 4 is 10.9 Å². The van der Waals surface area contributed by atoms with Gasteiger partial charge >= 0.3 is 5.63 Å². The molecule has 0 spiro atoms. The van der Waals surface area contributed by atoms with Gasteiger partial charge in [0, 0.05) is 6.42 Å². The predicted molar refractivity (Wildman–Crippen MR) is 141 cm³/mol. The summed E-state index contributed by atoms with van der Waals surface area (Å²) in [7, 11) is 1.56. The number of ether oxygens (including phenoxy) is 1. The zero-order valence-corrected chi connectivity index (χ0v) is 22.3. The molecule has 1 heterocycles. The molecule has 1 N–H and O–H groups in total. The molecule has 0 radical (unpaired) electrons. The number of fused-ring (bicyclic) bond motifs is 6. The minimum absolute atomic E-state index is 0.109. The van der Waals surface area contributed by atoms with Crippen molar-refractivity contribution in [3.05, 3.63) is 34.5 Å². The van der Waals surface area contributed by atoms with E-state index in [4.69, 9.17) is 9.15 Å². The molecular weight excluding hydrogens is 450 g/mol. The van der Waals surface area contributed by atoms with E-state index in [1.54, 1.807) is 13.2 Å². The standard InChI is InChI=1S/C31H43NO4/c1-30-16-5-4-8-20(30)18-24(33)27-21-14-13-19(31(21,2)17-15-22(27)30)9-6-12-26-32-23-10-7-11-25(35-3)28(23)29(34)36-26/h7,10-11,19-22,24,27,33H,4-6,8-9,12-18H2,1-3H3. The van der Waals surface area contributed by atoms with Gasteiger partial charge in [0.05, 0.1) is 18.7 Å². The molecule has 0 bridgehead atoms. The molecule has 0 saturated heterocycles. The number of aromatic nitrogens is 1. The van der Waals surface area contributed by atoms with E-state index in [9.17, 15) is 9.90 Å².